The standard InChI is InChI=1S/C15H24FN/c1-2-3-4-5-6-12-17-13-11-14-7-9-15(16)10-8-14/h7-10,17H,2-6,11-13H2,1H3. The topological polar surface area (TPSA) is 12.0 Å². The summed E-state index contributed by atoms with van der Waals surface area (Å²) in [5, 5.41) is 3.43. The minimum Gasteiger partial charge on any atom is -0.316 e. The summed E-state index contributed by atoms with van der Waals surface area (Å²) in [5.74, 6) is -0.155. The van der Waals surface area contributed by atoms with Gasteiger partial charge in [-0.05, 0) is 43.6 Å². The molecule has 1 nitrogen and oxygen atoms in total. The predicted octanol–water partition coefficient (Wildman–Crippen LogP) is 3.93. The van der Waals surface area contributed by atoms with E-state index in [2.05, 4.69) is 12.2 Å². The summed E-state index contributed by atoms with van der Waals surface area (Å²) in [6.45, 7) is 4.32. The second-order valence-electron chi connectivity index (χ2n) is 4.54. The maximum Gasteiger partial charge on any atom is 0.123 e. The molecule has 0 spiro atoms. The van der Waals surface area contributed by atoms with Gasteiger partial charge < -0.3 is 5.32 Å². The zero-order valence-corrected chi connectivity index (χ0v) is 10.8. The van der Waals surface area contributed by atoms with Crippen LogP contribution in [0.5, 0.6) is 0 Å². The Hall–Kier alpha value is -0.890. The number of rotatable bonds is 9. The molecule has 0 bridgehead atoms. The molecule has 0 saturated heterocycles. The molecule has 17 heavy (non-hydrogen) atoms. The first-order valence-corrected chi connectivity index (χ1v) is 6.78. The number of hydrogen-bond acceptors (Lipinski definition) is 1. The lowest BCUT2D eigenvalue weighted by Gasteiger charge is -2.05. The molecule has 0 aromatic heterocycles. The summed E-state index contributed by atoms with van der Waals surface area (Å²) in [7, 11) is 0. The van der Waals surface area contributed by atoms with Crippen molar-refractivity contribution in [3.05, 3.63) is 35.6 Å². The Morgan fingerprint density at radius 2 is 1.65 bits per heavy atom. The van der Waals surface area contributed by atoms with E-state index in [9.17, 15) is 4.39 Å². The van der Waals surface area contributed by atoms with E-state index in [4.69, 9.17) is 0 Å². The first kappa shape index (κ1) is 14.2. The van der Waals surface area contributed by atoms with E-state index in [1.54, 1.807) is 0 Å². The molecule has 1 aromatic carbocycles. The molecule has 0 saturated carbocycles. The van der Waals surface area contributed by atoms with Crippen LogP contribution in [0.4, 0.5) is 4.39 Å². The van der Waals surface area contributed by atoms with Crippen LogP contribution < -0.4 is 5.32 Å². The van der Waals surface area contributed by atoms with Gasteiger partial charge >= 0.3 is 0 Å². The van der Waals surface area contributed by atoms with Gasteiger partial charge in [-0.15, -0.1) is 0 Å². The fourth-order valence-electron chi connectivity index (χ4n) is 1.86. The van der Waals surface area contributed by atoms with Crippen molar-refractivity contribution in [2.24, 2.45) is 0 Å². The molecule has 0 amide bonds. The number of nitrogens with one attached hydrogen (secondary N) is 1. The molecule has 0 fully saturated rings. The summed E-state index contributed by atoms with van der Waals surface area (Å²) in [5.41, 5.74) is 1.20. The smallest absolute Gasteiger partial charge is 0.123 e. The highest BCUT2D eigenvalue weighted by atomic mass is 19.1. The lowest BCUT2D eigenvalue weighted by Crippen LogP contribution is -2.18. The molecular weight excluding hydrogens is 213 g/mol. The van der Waals surface area contributed by atoms with Crippen LogP contribution in [0.3, 0.4) is 0 Å². The molecule has 0 heterocycles. The van der Waals surface area contributed by atoms with Crippen molar-refractivity contribution in [1.82, 2.24) is 5.32 Å². The Morgan fingerprint density at radius 1 is 0.941 bits per heavy atom. The molecular formula is C15H24FN. The highest BCUT2D eigenvalue weighted by Crippen LogP contribution is 2.03. The third-order valence-electron chi connectivity index (χ3n) is 2.96. The van der Waals surface area contributed by atoms with Gasteiger partial charge in [0.05, 0.1) is 0 Å². The van der Waals surface area contributed by atoms with E-state index < -0.39 is 0 Å². The normalized spacial score (nSPS) is 10.7. The first-order chi connectivity index (χ1) is 8.33. The molecule has 2 heteroatoms. The van der Waals surface area contributed by atoms with Gasteiger partial charge in [0.1, 0.15) is 5.82 Å². The van der Waals surface area contributed by atoms with E-state index in [1.807, 2.05) is 12.1 Å². The third kappa shape index (κ3) is 7.11. The lowest BCUT2D eigenvalue weighted by atomic mass is 10.1. The van der Waals surface area contributed by atoms with Crippen molar-refractivity contribution >= 4 is 0 Å². The van der Waals surface area contributed by atoms with Gasteiger partial charge in [0.2, 0.25) is 0 Å². The first-order valence-electron chi connectivity index (χ1n) is 6.78. The van der Waals surface area contributed by atoms with Crippen molar-refractivity contribution in [1.29, 1.82) is 0 Å². The van der Waals surface area contributed by atoms with E-state index in [0.29, 0.717) is 0 Å². The van der Waals surface area contributed by atoms with Crippen LogP contribution in [0.2, 0.25) is 0 Å². The number of halogens is 1. The third-order valence-corrected chi connectivity index (χ3v) is 2.96. The highest BCUT2D eigenvalue weighted by molar-refractivity contribution is 5.16. The van der Waals surface area contributed by atoms with Gasteiger partial charge in [0.15, 0.2) is 0 Å². The average Bonchev–Trinajstić information content (AvgIpc) is 2.35. The Labute approximate surface area is 104 Å². The van der Waals surface area contributed by atoms with Gasteiger partial charge in [-0.25, -0.2) is 4.39 Å². The van der Waals surface area contributed by atoms with Crippen LogP contribution in [0, 0.1) is 5.82 Å². The molecule has 1 N–H and O–H groups in total. The minimum atomic E-state index is -0.155. The van der Waals surface area contributed by atoms with Crippen molar-refractivity contribution in [2.45, 2.75) is 45.4 Å². The molecule has 0 unspecified atom stereocenters. The Balaban J connectivity index is 1.95. The van der Waals surface area contributed by atoms with Crippen LogP contribution in [-0.4, -0.2) is 13.1 Å². The average molecular weight is 237 g/mol. The second-order valence-corrected chi connectivity index (χ2v) is 4.54. The monoisotopic (exact) mass is 237 g/mol. The lowest BCUT2D eigenvalue weighted by molar-refractivity contribution is 0.584. The molecule has 0 atom stereocenters. The molecule has 0 aliphatic carbocycles. The number of benzene rings is 1. The summed E-state index contributed by atoms with van der Waals surface area (Å²) in [4.78, 5) is 0. The van der Waals surface area contributed by atoms with Gasteiger partial charge in [0, 0.05) is 0 Å². The largest absolute Gasteiger partial charge is 0.316 e. The molecule has 1 aromatic rings. The number of unbranched alkanes of at least 4 members (excludes halogenated alkanes) is 4. The Bertz CT molecular complexity index is 281. The van der Waals surface area contributed by atoms with Crippen molar-refractivity contribution in [3.8, 4) is 0 Å². The van der Waals surface area contributed by atoms with Crippen LogP contribution >= 0.6 is 0 Å². The fourth-order valence-corrected chi connectivity index (χ4v) is 1.86. The van der Waals surface area contributed by atoms with Gasteiger partial charge in [-0.2, -0.15) is 0 Å². The van der Waals surface area contributed by atoms with E-state index in [-0.39, 0.29) is 5.82 Å². The maximum absolute atomic E-state index is 12.7. The highest BCUT2D eigenvalue weighted by Gasteiger charge is 1.94. The molecule has 0 aliphatic heterocycles. The summed E-state index contributed by atoms with van der Waals surface area (Å²) < 4.78 is 12.7. The summed E-state index contributed by atoms with van der Waals surface area (Å²) in [6.07, 6.45) is 7.60. The number of hydrogen-bond donors (Lipinski definition) is 1. The second kappa shape index (κ2) is 9.17. The van der Waals surface area contributed by atoms with Crippen molar-refractivity contribution in [2.75, 3.05) is 13.1 Å². The quantitative estimate of drug-likeness (QED) is 0.642. The zero-order valence-electron chi connectivity index (χ0n) is 10.8. The zero-order chi connectivity index (χ0) is 12.3. The molecule has 96 valence electrons. The predicted molar refractivity (Wildman–Crippen MR) is 71.7 cm³/mol. The molecule has 0 radical (unpaired) electrons. The van der Waals surface area contributed by atoms with Crippen LogP contribution in [0.1, 0.15) is 44.6 Å². The van der Waals surface area contributed by atoms with Gasteiger partial charge in [-0.1, -0.05) is 44.7 Å². The SMILES string of the molecule is CCCCCCCNCCc1ccc(F)cc1. The Kier molecular flexibility index (Phi) is 7.65. The van der Waals surface area contributed by atoms with E-state index in [0.717, 1.165) is 19.5 Å². The summed E-state index contributed by atoms with van der Waals surface area (Å²) >= 11 is 0. The van der Waals surface area contributed by atoms with E-state index in [1.165, 1.54) is 49.8 Å². The van der Waals surface area contributed by atoms with Gasteiger partial charge in [0.25, 0.3) is 0 Å². The minimum absolute atomic E-state index is 0.155. The van der Waals surface area contributed by atoms with Gasteiger partial charge in [-0.3, -0.25) is 0 Å². The van der Waals surface area contributed by atoms with Crippen LogP contribution in [0.25, 0.3) is 0 Å². The molecule has 0 aliphatic rings. The fraction of sp³-hybridized carbons (Fsp3) is 0.600. The van der Waals surface area contributed by atoms with Crippen LogP contribution in [-0.2, 0) is 6.42 Å². The summed E-state index contributed by atoms with van der Waals surface area (Å²) in [6, 6.07) is 6.77. The molecule has 1 rings (SSSR count). The Morgan fingerprint density at radius 3 is 2.35 bits per heavy atom. The van der Waals surface area contributed by atoms with Crippen molar-refractivity contribution in [3.63, 3.8) is 0 Å². The van der Waals surface area contributed by atoms with E-state index >= 15 is 0 Å². The maximum atomic E-state index is 12.7. The van der Waals surface area contributed by atoms with Crippen molar-refractivity contribution < 1.29 is 4.39 Å². The van der Waals surface area contributed by atoms with Crippen LogP contribution in [0.15, 0.2) is 24.3 Å².